The third-order valence-corrected chi connectivity index (χ3v) is 5.24. The fourth-order valence-corrected chi connectivity index (χ4v) is 3.63. The van der Waals surface area contributed by atoms with Crippen molar-refractivity contribution in [3.8, 4) is 11.5 Å². The van der Waals surface area contributed by atoms with Crippen molar-refractivity contribution >= 4 is 27.4 Å². The highest BCUT2D eigenvalue weighted by Crippen LogP contribution is 2.27. The van der Waals surface area contributed by atoms with Crippen LogP contribution in [0.3, 0.4) is 0 Å². The number of thiophene rings is 1. The van der Waals surface area contributed by atoms with Gasteiger partial charge in [0.15, 0.2) is 10.8 Å². The summed E-state index contributed by atoms with van der Waals surface area (Å²) in [6.45, 7) is 3.48. The highest BCUT2D eigenvalue weighted by molar-refractivity contribution is 7.89. The highest BCUT2D eigenvalue weighted by atomic mass is 32.3. The number of hydrogen-bond acceptors (Lipinski definition) is 7. The number of ether oxygens (including phenoxy) is 2. The molecule has 0 aliphatic carbocycles. The van der Waals surface area contributed by atoms with Crippen LogP contribution in [0.4, 0.5) is 0 Å². The summed E-state index contributed by atoms with van der Waals surface area (Å²) in [7, 11) is -3.87. The van der Waals surface area contributed by atoms with E-state index < -0.39 is 16.1 Å². The second-order valence-corrected chi connectivity index (χ2v) is 7.27. The molecule has 1 aromatic heterocycles. The van der Waals surface area contributed by atoms with Crippen LogP contribution in [0.1, 0.15) is 12.5 Å². The molecule has 0 aliphatic heterocycles. The first-order chi connectivity index (χ1) is 10.9. The van der Waals surface area contributed by atoms with Gasteiger partial charge in [-0.25, -0.2) is 4.79 Å². The van der Waals surface area contributed by atoms with E-state index in [1.54, 1.807) is 37.4 Å². The Bertz CT molecular complexity index is 765. The molecule has 0 bridgehead atoms. The van der Waals surface area contributed by atoms with Crippen molar-refractivity contribution in [1.29, 1.82) is 0 Å². The zero-order valence-electron chi connectivity index (χ0n) is 12.6. The summed E-state index contributed by atoms with van der Waals surface area (Å²) in [6, 6.07) is 7.75. The van der Waals surface area contributed by atoms with Crippen molar-refractivity contribution in [2.75, 3.05) is 13.2 Å². The van der Waals surface area contributed by atoms with E-state index >= 15 is 0 Å². The van der Waals surface area contributed by atoms with Gasteiger partial charge in [0.1, 0.15) is 11.5 Å². The second kappa shape index (κ2) is 7.47. The highest BCUT2D eigenvalue weighted by Gasteiger charge is 2.18. The molecule has 0 fully saturated rings. The lowest BCUT2D eigenvalue weighted by Gasteiger charge is -2.10. The average molecular weight is 356 g/mol. The summed E-state index contributed by atoms with van der Waals surface area (Å²) in [5.41, 5.74) is 0.739. The Morgan fingerprint density at radius 3 is 2.61 bits per heavy atom. The molecule has 23 heavy (non-hydrogen) atoms. The van der Waals surface area contributed by atoms with Crippen LogP contribution in [0.15, 0.2) is 39.9 Å². The van der Waals surface area contributed by atoms with Crippen molar-refractivity contribution in [3.05, 3.63) is 41.3 Å². The van der Waals surface area contributed by atoms with Gasteiger partial charge in [0.05, 0.1) is 6.61 Å². The van der Waals surface area contributed by atoms with Crippen molar-refractivity contribution in [3.63, 3.8) is 0 Å². The van der Waals surface area contributed by atoms with E-state index in [1.807, 2.05) is 0 Å². The first-order valence-corrected chi connectivity index (χ1v) is 9.07. The Hall–Kier alpha value is -2.06. The SMILES string of the molecule is CCOC(=O)COc1cc(C)cc(OS(=O)(=O)c2cccs2)c1. The fraction of sp³-hybridized carbons (Fsp3) is 0.267. The molecule has 8 heteroatoms. The Kier molecular flexibility index (Phi) is 5.62. The zero-order chi connectivity index (χ0) is 16.9. The molecule has 6 nitrogen and oxygen atoms in total. The van der Waals surface area contributed by atoms with Gasteiger partial charge in [-0.3, -0.25) is 0 Å². The molecule has 0 unspecified atom stereocenters. The van der Waals surface area contributed by atoms with Crippen molar-refractivity contribution in [2.24, 2.45) is 0 Å². The van der Waals surface area contributed by atoms with Gasteiger partial charge < -0.3 is 13.7 Å². The van der Waals surface area contributed by atoms with Crippen LogP contribution >= 0.6 is 11.3 Å². The van der Waals surface area contributed by atoms with Crippen LogP contribution in [-0.4, -0.2) is 27.6 Å². The average Bonchev–Trinajstić information content (AvgIpc) is 2.99. The lowest BCUT2D eigenvalue weighted by Crippen LogP contribution is -2.14. The van der Waals surface area contributed by atoms with Gasteiger partial charge in [0.25, 0.3) is 0 Å². The molecule has 0 saturated carbocycles. The van der Waals surface area contributed by atoms with E-state index in [9.17, 15) is 13.2 Å². The minimum absolute atomic E-state index is 0.119. The Balaban J connectivity index is 2.13. The summed E-state index contributed by atoms with van der Waals surface area (Å²) in [5, 5.41) is 1.65. The van der Waals surface area contributed by atoms with Gasteiger partial charge in [-0.05, 0) is 43.0 Å². The first kappa shape index (κ1) is 17.3. The van der Waals surface area contributed by atoms with Gasteiger partial charge in [-0.15, -0.1) is 11.3 Å². The third-order valence-electron chi connectivity index (χ3n) is 2.63. The third kappa shape index (κ3) is 4.97. The van der Waals surface area contributed by atoms with Crippen molar-refractivity contribution in [2.45, 2.75) is 18.1 Å². The molecule has 0 spiro atoms. The van der Waals surface area contributed by atoms with E-state index in [-0.39, 0.29) is 23.2 Å². The van der Waals surface area contributed by atoms with Crippen molar-refractivity contribution < 1.29 is 26.9 Å². The Labute approximate surface area is 138 Å². The minimum atomic E-state index is -3.87. The molecule has 2 rings (SSSR count). The standard InChI is InChI=1S/C15H16O6S2/c1-3-19-14(16)10-20-12-7-11(2)8-13(9-12)21-23(17,18)15-5-4-6-22-15/h4-9H,3,10H2,1-2H3. The molecule has 1 aromatic carbocycles. The largest absolute Gasteiger partial charge is 0.482 e. The number of rotatable bonds is 7. The molecule has 1 heterocycles. The van der Waals surface area contributed by atoms with Gasteiger partial charge in [-0.1, -0.05) is 6.07 Å². The molecule has 0 N–H and O–H groups in total. The van der Waals surface area contributed by atoms with Gasteiger partial charge >= 0.3 is 16.1 Å². The number of hydrogen-bond donors (Lipinski definition) is 0. The maximum atomic E-state index is 12.1. The van der Waals surface area contributed by atoms with Crippen LogP contribution in [0.2, 0.25) is 0 Å². The van der Waals surface area contributed by atoms with E-state index in [1.165, 1.54) is 12.1 Å². The van der Waals surface area contributed by atoms with E-state index in [2.05, 4.69) is 0 Å². The summed E-state index contributed by atoms with van der Waals surface area (Å²) in [4.78, 5) is 11.3. The number of benzene rings is 1. The number of esters is 1. The number of aryl methyl sites for hydroxylation is 1. The minimum Gasteiger partial charge on any atom is -0.482 e. The molecule has 2 aromatic rings. The first-order valence-electron chi connectivity index (χ1n) is 6.79. The van der Waals surface area contributed by atoms with Crippen LogP contribution in [0, 0.1) is 6.92 Å². The lowest BCUT2D eigenvalue weighted by atomic mass is 10.2. The normalized spacial score (nSPS) is 11.0. The van der Waals surface area contributed by atoms with Gasteiger partial charge in [0, 0.05) is 6.07 Å². The van der Waals surface area contributed by atoms with Gasteiger partial charge in [0.2, 0.25) is 0 Å². The van der Waals surface area contributed by atoms with Crippen LogP contribution < -0.4 is 8.92 Å². The topological polar surface area (TPSA) is 78.9 Å². The predicted octanol–water partition coefficient (Wildman–Crippen LogP) is 2.77. The van der Waals surface area contributed by atoms with E-state index in [0.29, 0.717) is 5.75 Å². The fourth-order valence-electron chi connectivity index (χ4n) is 1.76. The van der Waals surface area contributed by atoms with Gasteiger partial charge in [-0.2, -0.15) is 8.42 Å². The van der Waals surface area contributed by atoms with Crippen LogP contribution in [0.5, 0.6) is 11.5 Å². The molecule has 0 amide bonds. The Morgan fingerprint density at radius 2 is 1.96 bits per heavy atom. The maximum Gasteiger partial charge on any atom is 0.348 e. The molecule has 0 atom stereocenters. The number of carbonyl (C=O) groups is 1. The zero-order valence-corrected chi connectivity index (χ0v) is 14.3. The molecule has 0 aliphatic rings. The summed E-state index contributed by atoms with van der Waals surface area (Å²) in [5.74, 6) is -0.0469. The number of carbonyl (C=O) groups excluding carboxylic acids is 1. The molecule has 124 valence electrons. The molecular weight excluding hydrogens is 340 g/mol. The van der Waals surface area contributed by atoms with Crippen molar-refractivity contribution in [1.82, 2.24) is 0 Å². The summed E-state index contributed by atoms with van der Waals surface area (Å²) >= 11 is 1.07. The maximum absolute atomic E-state index is 12.1. The lowest BCUT2D eigenvalue weighted by molar-refractivity contribution is -0.145. The molecule has 0 radical (unpaired) electrons. The summed E-state index contributed by atoms with van der Waals surface area (Å²) in [6.07, 6.45) is 0. The summed E-state index contributed by atoms with van der Waals surface area (Å²) < 4.78 is 39.5. The smallest absolute Gasteiger partial charge is 0.348 e. The second-order valence-electron chi connectivity index (χ2n) is 4.55. The molecule has 0 saturated heterocycles. The quantitative estimate of drug-likeness (QED) is 0.561. The molecular formula is C15H16O6S2. The Morgan fingerprint density at radius 1 is 1.22 bits per heavy atom. The van der Waals surface area contributed by atoms with Crippen LogP contribution in [-0.2, 0) is 19.6 Å². The predicted molar refractivity (Wildman–Crippen MR) is 85.4 cm³/mol. The monoisotopic (exact) mass is 356 g/mol. The van der Waals surface area contributed by atoms with E-state index in [0.717, 1.165) is 16.9 Å². The van der Waals surface area contributed by atoms with E-state index in [4.69, 9.17) is 13.7 Å². The van der Waals surface area contributed by atoms with Crippen LogP contribution in [0.25, 0.3) is 0 Å².